The van der Waals surface area contributed by atoms with Gasteiger partial charge in [0.1, 0.15) is 0 Å². The Morgan fingerprint density at radius 2 is 2.07 bits per heavy atom. The Bertz CT molecular complexity index is 339. The number of carbonyl (C=O) groups excluding carboxylic acids is 1. The number of Topliss-reactive ketones (excluding diaryl/α,β-unsaturated/α-hetero) is 1. The van der Waals surface area contributed by atoms with Crippen molar-refractivity contribution in [3.8, 4) is 0 Å². The monoisotopic (exact) mass is 195 g/mol. The fourth-order valence-electron chi connectivity index (χ4n) is 1.77. The van der Waals surface area contributed by atoms with Crippen LogP contribution in [0, 0.1) is 13.8 Å². The van der Waals surface area contributed by atoms with Crippen LogP contribution in [0.1, 0.15) is 40.7 Å². The van der Waals surface area contributed by atoms with Crippen molar-refractivity contribution in [1.82, 2.24) is 4.98 Å². The summed E-state index contributed by atoms with van der Waals surface area (Å²) in [5.41, 5.74) is 3.95. The molecule has 0 spiro atoms. The summed E-state index contributed by atoms with van der Waals surface area (Å²) >= 11 is 0. The number of nitrogens with one attached hydrogen (secondary N) is 1. The molecule has 1 heterocycles. The molecule has 0 aliphatic heterocycles. The number of aryl methyl sites for hydroxylation is 1. The van der Waals surface area contributed by atoms with Crippen LogP contribution in [0.5, 0.6) is 0 Å². The van der Waals surface area contributed by atoms with Crippen molar-refractivity contribution in [1.29, 1.82) is 0 Å². The highest BCUT2D eigenvalue weighted by atomic mass is 16.2. The Hall–Kier alpha value is -1.09. The number of carbonyl (C=O) groups is 1. The molecule has 0 saturated heterocycles. The van der Waals surface area contributed by atoms with E-state index in [2.05, 4.69) is 4.98 Å². The molecule has 3 heteroatoms. The van der Waals surface area contributed by atoms with Crippen LogP contribution in [0.4, 0.5) is 0 Å². The fraction of sp³-hybridized carbons (Fsp3) is 0.545. The molecule has 1 rings (SSSR count). The van der Waals surface area contributed by atoms with Gasteiger partial charge in [0.05, 0.1) is 5.69 Å². The maximum absolute atomic E-state index is 11.2. The fourth-order valence-corrected chi connectivity index (χ4v) is 1.77. The first-order valence-electron chi connectivity index (χ1n) is 4.87. The first-order valence-corrected chi connectivity index (χ1v) is 4.87. The largest absolute Gasteiger partial charge is 0.396 e. The Labute approximate surface area is 84.2 Å². The molecule has 0 atom stereocenters. The molecular formula is C11H17NO2. The molecule has 0 aliphatic carbocycles. The van der Waals surface area contributed by atoms with Crippen LogP contribution in [0.25, 0.3) is 0 Å². The summed E-state index contributed by atoms with van der Waals surface area (Å²) in [5.74, 6) is 0.0702. The van der Waals surface area contributed by atoms with Crippen molar-refractivity contribution in [2.24, 2.45) is 0 Å². The van der Waals surface area contributed by atoms with E-state index in [0.717, 1.165) is 24.1 Å². The molecule has 0 unspecified atom stereocenters. The molecule has 78 valence electrons. The van der Waals surface area contributed by atoms with Crippen molar-refractivity contribution in [3.05, 3.63) is 22.5 Å². The van der Waals surface area contributed by atoms with Gasteiger partial charge in [0.2, 0.25) is 0 Å². The highest BCUT2D eigenvalue weighted by molar-refractivity contribution is 5.94. The minimum Gasteiger partial charge on any atom is -0.396 e. The molecule has 1 aromatic rings. The van der Waals surface area contributed by atoms with Crippen molar-refractivity contribution >= 4 is 5.78 Å². The topological polar surface area (TPSA) is 53.1 Å². The zero-order valence-electron chi connectivity index (χ0n) is 8.98. The number of hydrogen-bond acceptors (Lipinski definition) is 2. The number of aromatic nitrogens is 1. The van der Waals surface area contributed by atoms with E-state index < -0.39 is 0 Å². The molecule has 0 radical (unpaired) electrons. The van der Waals surface area contributed by atoms with Gasteiger partial charge in [-0.05, 0) is 37.8 Å². The molecule has 0 saturated carbocycles. The van der Waals surface area contributed by atoms with Gasteiger partial charge < -0.3 is 10.1 Å². The van der Waals surface area contributed by atoms with E-state index in [0.29, 0.717) is 5.69 Å². The zero-order valence-corrected chi connectivity index (χ0v) is 8.98. The van der Waals surface area contributed by atoms with Crippen molar-refractivity contribution in [2.45, 2.75) is 33.6 Å². The van der Waals surface area contributed by atoms with Crippen molar-refractivity contribution in [2.75, 3.05) is 6.61 Å². The predicted octanol–water partition coefficient (Wildman–Crippen LogP) is 1.76. The van der Waals surface area contributed by atoms with Gasteiger partial charge in [-0.1, -0.05) is 0 Å². The smallest absolute Gasteiger partial charge is 0.176 e. The van der Waals surface area contributed by atoms with E-state index in [1.165, 1.54) is 5.56 Å². The molecule has 0 aliphatic rings. The summed E-state index contributed by atoms with van der Waals surface area (Å²) < 4.78 is 0. The van der Waals surface area contributed by atoms with E-state index in [9.17, 15) is 4.79 Å². The van der Waals surface area contributed by atoms with Crippen LogP contribution in [-0.2, 0) is 6.42 Å². The van der Waals surface area contributed by atoms with Gasteiger partial charge in [-0.2, -0.15) is 0 Å². The lowest BCUT2D eigenvalue weighted by atomic mass is 10.0. The predicted molar refractivity (Wildman–Crippen MR) is 55.7 cm³/mol. The normalized spacial score (nSPS) is 10.6. The van der Waals surface area contributed by atoms with E-state index >= 15 is 0 Å². The van der Waals surface area contributed by atoms with Crippen LogP contribution in [0.15, 0.2) is 0 Å². The van der Waals surface area contributed by atoms with E-state index in [-0.39, 0.29) is 12.4 Å². The SMILES string of the molecule is CC(=O)c1[nH]c(C)c(CCCO)c1C. The third-order valence-electron chi connectivity index (χ3n) is 2.53. The molecular weight excluding hydrogens is 178 g/mol. The maximum atomic E-state index is 11.2. The minimum atomic E-state index is 0.0702. The highest BCUT2D eigenvalue weighted by Crippen LogP contribution is 2.19. The third-order valence-corrected chi connectivity index (χ3v) is 2.53. The van der Waals surface area contributed by atoms with E-state index in [1.807, 2.05) is 13.8 Å². The Morgan fingerprint density at radius 3 is 2.50 bits per heavy atom. The van der Waals surface area contributed by atoms with Gasteiger partial charge in [-0.15, -0.1) is 0 Å². The van der Waals surface area contributed by atoms with E-state index in [1.54, 1.807) is 6.92 Å². The molecule has 1 aromatic heterocycles. The molecule has 14 heavy (non-hydrogen) atoms. The second-order valence-electron chi connectivity index (χ2n) is 3.61. The average Bonchev–Trinajstić information content (AvgIpc) is 2.40. The number of hydrogen-bond donors (Lipinski definition) is 2. The Balaban J connectivity index is 2.99. The molecule has 0 fully saturated rings. The highest BCUT2D eigenvalue weighted by Gasteiger charge is 2.13. The molecule has 0 aromatic carbocycles. The molecule has 3 nitrogen and oxygen atoms in total. The second kappa shape index (κ2) is 4.42. The second-order valence-corrected chi connectivity index (χ2v) is 3.61. The van der Waals surface area contributed by atoms with Crippen molar-refractivity contribution in [3.63, 3.8) is 0 Å². The van der Waals surface area contributed by atoms with Gasteiger partial charge in [0.25, 0.3) is 0 Å². The van der Waals surface area contributed by atoms with Crippen LogP contribution in [-0.4, -0.2) is 22.5 Å². The summed E-state index contributed by atoms with van der Waals surface area (Å²) in [7, 11) is 0. The summed E-state index contributed by atoms with van der Waals surface area (Å²) in [4.78, 5) is 14.3. The van der Waals surface area contributed by atoms with Crippen LogP contribution >= 0.6 is 0 Å². The van der Waals surface area contributed by atoms with Crippen LogP contribution in [0.3, 0.4) is 0 Å². The summed E-state index contributed by atoms with van der Waals surface area (Å²) in [6, 6.07) is 0. The Morgan fingerprint density at radius 1 is 1.43 bits per heavy atom. The molecule has 2 N–H and O–H groups in total. The van der Waals surface area contributed by atoms with Gasteiger partial charge in [0, 0.05) is 19.2 Å². The number of H-pyrrole nitrogens is 1. The lowest BCUT2D eigenvalue weighted by molar-refractivity contribution is 0.101. The standard InChI is InChI=1S/C11H17NO2/c1-7-10(5-4-6-13)8(2)12-11(7)9(3)14/h12-13H,4-6H2,1-3H3. The number of aromatic amines is 1. The van der Waals surface area contributed by atoms with Gasteiger partial charge in [-0.3, -0.25) is 4.79 Å². The van der Waals surface area contributed by atoms with E-state index in [4.69, 9.17) is 5.11 Å². The van der Waals surface area contributed by atoms with Gasteiger partial charge >= 0.3 is 0 Å². The maximum Gasteiger partial charge on any atom is 0.176 e. The summed E-state index contributed by atoms with van der Waals surface area (Å²) in [6.07, 6.45) is 1.58. The minimum absolute atomic E-state index is 0.0702. The lowest BCUT2D eigenvalue weighted by Gasteiger charge is -2.00. The van der Waals surface area contributed by atoms with Gasteiger partial charge in [-0.25, -0.2) is 0 Å². The third kappa shape index (κ3) is 2.04. The quantitative estimate of drug-likeness (QED) is 0.719. The number of ketones is 1. The Kier molecular flexibility index (Phi) is 3.47. The summed E-state index contributed by atoms with van der Waals surface area (Å²) in [6.45, 7) is 5.67. The lowest BCUT2D eigenvalue weighted by Crippen LogP contribution is -1.96. The molecule has 0 amide bonds. The van der Waals surface area contributed by atoms with Crippen LogP contribution < -0.4 is 0 Å². The average molecular weight is 195 g/mol. The van der Waals surface area contributed by atoms with Crippen LogP contribution in [0.2, 0.25) is 0 Å². The number of rotatable bonds is 4. The van der Waals surface area contributed by atoms with Crippen molar-refractivity contribution < 1.29 is 9.90 Å². The first-order chi connectivity index (χ1) is 6.57. The number of aliphatic hydroxyl groups excluding tert-OH is 1. The summed E-state index contributed by atoms with van der Waals surface area (Å²) in [5, 5.41) is 8.75. The first kappa shape index (κ1) is 11.0. The number of aliphatic hydroxyl groups is 1. The molecule has 0 bridgehead atoms. The van der Waals surface area contributed by atoms with Gasteiger partial charge in [0.15, 0.2) is 5.78 Å². The zero-order chi connectivity index (χ0) is 10.7.